The van der Waals surface area contributed by atoms with Crippen molar-refractivity contribution in [2.24, 2.45) is 4.99 Å². The fourth-order valence-electron chi connectivity index (χ4n) is 3.54. The maximum absolute atomic E-state index is 4.40. The van der Waals surface area contributed by atoms with Gasteiger partial charge in [0.15, 0.2) is 5.96 Å². The second kappa shape index (κ2) is 10.7. The molecule has 1 aliphatic rings. The Balaban J connectivity index is 0.00000243. The normalized spacial score (nSPS) is 16.3. The van der Waals surface area contributed by atoms with E-state index in [1.165, 1.54) is 55.2 Å². The highest BCUT2D eigenvalue weighted by molar-refractivity contribution is 14.0. The highest BCUT2D eigenvalue weighted by Crippen LogP contribution is 2.15. The van der Waals surface area contributed by atoms with Crippen molar-refractivity contribution < 1.29 is 0 Å². The topological polar surface area (TPSA) is 39.7 Å². The van der Waals surface area contributed by atoms with Crippen LogP contribution in [-0.2, 0) is 6.54 Å². The minimum atomic E-state index is 0. The summed E-state index contributed by atoms with van der Waals surface area (Å²) >= 11 is 0. The lowest BCUT2D eigenvalue weighted by atomic mass is 10.1. The molecule has 1 aliphatic heterocycles. The predicted molar refractivity (Wildman–Crippen MR) is 122 cm³/mol. The molecule has 0 saturated carbocycles. The zero-order chi connectivity index (χ0) is 17.5. The van der Waals surface area contributed by atoms with Crippen LogP contribution < -0.4 is 10.6 Å². The van der Waals surface area contributed by atoms with Gasteiger partial charge in [-0.2, -0.15) is 0 Å². The Kier molecular flexibility index (Phi) is 8.65. The molecule has 0 bridgehead atoms. The summed E-state index contributed by atoms with van der Waals surface area (Å²) in [6, 6.07) is 15.6. The number of piperidine rings is 1. The molecule has 2 aromatic rings. The average Bonchev–Trinajstić information content (AvgIpc) is 2.66. The number of hydrogen-bond donors (Lipinski definition) is 2. The second-order valence-corrected chi connectivity index (χ2v) is 6.87. The maximum Gasteiger partial charge on any atom is 0.191 e. The fourth-order valence-corrected chi connectivity index (χ4v) is 3.54. The van der Waals surface area contributed by atoms with Crippen LogP contribution in [0.2, 0.25) is 0 Å². The van der Waals surface area contributed by atoms with E-state index in [2.05, 4.69) is 69.9 Å². The van der Waals surface area contributed by atoms with Gasteiger partial charge in [0.2, 0.25) is 0 Å². The van der Waals surface area contributed by atoms with Gasteiger partial charge in [0, 0.05) is 32.7 Å². The summed E-state index contributed by atoms with van der Waals surface area (Å²) in [5, 5.41) is 9.62. The highest BCUT2D eigenvalue weighted by Gasteiger charge is 2.19. The molecule has 0 aromatic heterocycles. The van der Waals surface area contributed by atoms with Crippen molar-refractivity contribution in [1.82, 2.24) is 15.5 Å². The molecule has 0 aliphatic carbocycles. The molecule has 0 atom stereocenters. The van der Waals surface area contributed by atoms with Gasteiger partial charge in [-0.05, 0) is 48.2 Å². The Bertz CT molecular complexity index is 708. The van der Waals surface area contributed by atoms with Crippen molar-refractivity contribution >= 4 is 40.7 Å². The van der Waals surface area contributed by atoms with Crippen LogP contribution in [0.3, 0.4) is 0 Å². The zero-order valence-electron chi connectivity index (χ0n) is 15.9. The molecule has 0 unspecified atom stereocenters. The SMILES string of the molecule is CCCN1CCC(NC(=NC)NCc2ccc3ccccc3c2)CC1.I. The Labute approximate surface area is 174 Å². The number of nitrogens with zero attached hydrogens (tertiary/aromatic N) is 2. The molecule has 0 spiro atoms. The van der Waals surface area contributed by atoms with Gasteiger partial charge in [-0.25, -0.2) is 0 Å². The van der Waals surface area contributed by atoms with Crippen LogP contribution >= 0.6 is 24.0 Å². The molecule has 1 saturated heterocycles. The zero-order valence-corrected chi connectivity index (χ0v) is 18.2. The minimum Gasteiger partial charge on any atom is -0.354 e. The van der Waals surface area contributed by atoms with Gasteiger partial charge in [-0.1, -0.05) is 43.3 Å². The summed E-state index contributed by atoms with van der Waals surface area (Å²) in [5.41, 5.74) is 1.28. The Morgan fingerprint density at radius 1 is 1.12 bits per heavy atom. The van der Waals surface area contributed by atoms with Crippen molar-refractivity contribution in [3.05, 3.63) is 48.0 Å². The molecule has 0 radical (unpaired) electrons. The first-order valence-electron chi connectivity index (χ1n) is 9.45. The number of guanidine groups is 1. The molecule has 1 fully saturated rings. The van der Waals surface area contributed by atoms with Crippen molar-refractivity contribution in [3.63, 3.8) is 0 Å². The first-order chi connectivity index (χ1) is 12.3. The van der Waals surface area contributed by atoms with Gasteiger partial charge in [-0.15, -0.1) is 24.0 Å². The number of aliphatic imine (C=N–C) groups is 1. The summed E-state index contributed by atoms with van der Waals surface area (Å²) in [4.78, 5) is 6.95. The standard InChI is InChI=1S/C21H30N4.HI/c1-3-12-25-13-10-20(11-14-25)24-21(22-2)23-16-17-8-9-18-6-4-5-7-19(18)15-17;/h4-9,15,20H,3,10-14,16H2,1-2H3,(H2,22,23,24);1H. The van der Waals surface area contributed by atoms with Gasteiger partial charge in [-0.3, -0.25) is 4.99 Å². The van der Waals surface area contributed by atoms with Gasteiger partial charge in [0.25, 0.3) is 0 Å². The molecule has 142 valence electrons. The van der Waals surface area contributed by atoms with E-state index >= 15 is 0 Å². The number of halogens is 1. The summed E-state index contributed by atoms with van der Waals surface area (Å²) in [6.45, 7) is 6.64. The first-order valence-corrected chi connectivity index (χ1v) is 9.45. The van der Waals surface area contributed by atoms with Crippen LogP contribution in [0.4, 0.5) is 0 Å². The van der Waals surface area contributed by atoms with Crippen LogP contribution in [0, 0.1) is 0 Å². The lowest BCUT2D eigenvalue weighted by Crippen LogP contribution is -2.48. The molecule has 1 heterocycles. The Morgan fingerprint density at radius 2 is 1.85 bits per heavy atom. The molecule has 4 nitrogen and oxygen atoms in total. The largest absolute Gasteiger partial charge is 0.354 e. The van der Waals surface area contributed by atoms with Crippen LogP contribution in [-0.4, -0.2) is 43.6 Å². The lowest BCUT2D eigenvalue weighted by Gasteiger charge is -2.32. The van der Waals surface area contributed by atoms with E-state index in [-0.39, 0.29) is 24.0 Å². The van der Waals surface area contributed by atoms with Crippen molar-refractivity contribution in [2.75, 3.05) is 26.7 Å². The summed E-state index contributed by atoms with van der Waals surface area (Å²) in [5.74, 6) is 0.905. The van der Waals surface area contributed by atoms with Crippen molar-refractivity contribution in [3.8, 4) is 0 Å². The Morgan fingerprint density at radius 3 is 2.54 bits per heavy atom. The van der Waals surface area contributed by atoms with Crippen LogP contribution in [0.5, 0.6) is 0 Å². The summed E-state index contributed by atoms with van der Waals surface area (Å²) < 4.78 is 0. The number of benzene rings is 2. The predicted octanol–water partition coefficient (Wildman–Crippen LogP) is 4.00. The molecule has 26 heavy (non-hydrogen) atoms. The second-order valence-electron chi connectivity index (χ2n) is 6.87. The number of rotatable bonds is 5. The molecule has 5 heteroatoms. The van der Waals surface area contributed by atoms with Gasteiger partial charge in [0.1, 0.15) is 0 Å². The molecule has 2 aromatic carbocycles. The Hall–Kier alpha value is -1.34. The fraction of sp³-hybridized carbons (Fsp3) is 0.476. The summed E-state index contributed by atoms with van der Waals surface area (Å²) in [6.07, 6.45) is 3.63. The van der Waals surface area contributed by atoms with Crippen LogP contribution in [0.15, 0.2) is 47.5 Å². The van der Waals surface area contributed by atoms with E-state index in [0.29, 0.717) is 6.04 Å². The van der Waals surface area contributed by atoms with Gasteiger partial charge < -0.3 is 15.5 Å². The van der Waals surface area contributed by atoms with E-state index in [1.54, 1.807) is 0 Å². The number of hydrogen-bond acceptors (Lipinski definition) is 2. The van der Waals surface area contributed by atoms with E-state index in [9.17, 15) is 0 Å². The van der Waals surface area contributed by atoms with Crippen molar-refractivity contribution in [2.45, 2.75) is 38.8 Å². The number of likely N-dealkylation sites (tertiary alicyclic amines) is 1. The number of fused-ring (bicyclic) bond motifs is 1. The quantitative estimate of drug-likeness (QED) is 0.398. The maximum atomic E-state index is 4.40. The minimum absolute atomic E-state index is 0. The molecule has 3 rings (SSSR count). The van der Waals surface area contributed by atoms with Crippen molar-refractivity contribution in [1.29, 1.82) is 0 Å². The van der Waals surface area contributed by atoms with Crippen LogP contribution in [0.1, 0.15) is 31.7 Å². The molecule has 2 N–H and O–H groups in total. The third kappa shape index (κ3) is 5.84. The molecule has 0 amide bonds. The summed E-state index contributed by atoms with van der Waals surface area (Å²) in [7, 11) is 1.85. The number of nitrogens with one attached hydrogen (secondary N) is 2. The van der Waals surface area contributed by atoms with Gasteiger partial charge >= 0.3 is 0 Å². The van der Waals surface area contributed by atoms with Gasteiger partial charge in [0.05, 0.1) is 0 Å². The third-order valence-corrected chi connectivity index (χ3v) is 4.97. The highest BCUT2D eigenvalue weighted by atomic mass is 127. The smallest absolute Gasteiger partial charge is 0.191 e. The lowest BCUT2D eigenvalue weighted by molar-refractivity contribution is 0.206. The van der Waals surface area contributed by atoms with E-state index in [4.69, 9.17) is 0 Å². The monoisotopic (exact) mass is 466 g/mol. The third-order valence-electron chi connectivity index (χ3n) is 4.97. The van der Waals surface area contributed by atoms with E-state index in [1.807, 2.05) is 7.05 Å². The van der Waals surface area contributed by atoms with E-state index < -0.39 is 0 Å². The van der Waals surface area contributed by atoms with Crippen LogP contribution in [0.25, 0.3) is 10.8 Å². The van der Waals surface area contributed by atoms with E-state index in [0.717, 1.165) is 12.5 Å². The first kappa shape index (κ1) is 21.0. The average molecular weight is 466 g/mol. The molecular formula is C21H31IN4. The molecular weight excluding hydrogens is 435 g/mol.